The van der Waals surface area contributed by atoms with Crippen molar-refractivity contribution in [1.29, 1.82) is 0 Å². The molecule has 2 aromatic heterocycles. The van der Waals surface area contributed by atoms with Crippen LogP contribution in [0.15, 0.2) is 53.6 Å². The first-order chi connectivity index (χ1) is 13.5. The summed E-state index contributed by atoms with van der Waals surface area (Å²) in [5.41, 5.74) is 0.663. The van der Waals surface area contributed by atoms with E-state index < -0.39 is 11.4 Å². The number of nitrogens with zero attached hydrogens (tertiary/aromatic N) is 4. The van der Waals surface area contributed by atoms with E-state index in [4.69, 9.17) is 27.9 Å². The maximum atomic E-state index is 13.4. The highest BCUT2D eigenvalue weighted by atomic mass is 35.5. The zero-order chi connectivity index (χ0) is 19.8. The van der Waals surface area contributed by atoms with Crippen molar-refractivity contribution in [2.75, 3.05) is 0 Å². The molecule has 0 atom stereocenters. The van der Waals surface area contributed by atoms with Gasteiger partial charge < -0.3 is 9.30 Å². The number of aryl methyl sites for hydroxylation is 1. The molecule has 0 radical (unpaired) electrons. The van der Waals surface area contributed by atoms with Crippen LogP contribution < -0.4 is 10.3 Å². The Morgan fingerprint density at radius 3 is 2.57 bits per heavy atom. The van der Waals surface area contributed by atoms with Gasteiger partial charge in [-0.15, -0.1) is 0 Å². The monoisotopic (exact) mass is 418 g/mol. The van der Waals surface area contributed by atoms with Gasteiger partial charge in [0.15, 0.2) is 11.2 Å². The molecule has 142 valence electrons. The maximum Gasteiger partial charge on any atom is 0.311 e. The molecule has 0 unspecified atom stereocenters. The molecule has 9 heteroatoms. The van der Waals surface area contributed by atoms with Crippen molar-refractivity contribution < 1.29 is 9.13 Å². The first kappa shape index (κ1) is 18.5. The molecule has 2 heterocycles. The van der Waals surface area contributed by atoms with E-state index >= 15 is 0 Å². The van der Waals surface area contributed by atoms with Crippen LogP contribution in [-0.2, 0) is 6.54 Å². The summed E-state index contributed by atoms with van der Waals surface area (Å²) in [6, 6.07) is 10.3. The average molecular weight is 419 g/mol. The molecule has 0 amide bonds. The third-order valence-corrected chi connectivity index (χ3v) is 4.68. The number of rotatable bonds is 4. The van der Waals surface area contributed by atoms with Crippen molar-refractivity contribution in [3.63, 3.8) is 0 Å². The predicted molar refractivity (Wildman–Crippen MR) is 105 cm³/mol. The van der Waals surface area contributed by atoms with E-state index in [1.807, 2.05) is 6.92 Å². The number of ether oxygens (including phenoxy) is 1. The van der Waals surface area contributed by atoms with Crippen molar-refractivity contribution in [2.45, 2.75) is 13.5 Å². The Morgan fingerprint density at radius 1 is 1.14 bits per heavy atom. The van der Waals surface area contributed by atoms with Gasteiger partial charge in [0.25, 0.3) is 5.56 Å². The molecule has 28 heavy (non-hydrogen) atoms. The molecule has 4 rings (SSSR count). The minimum atomic E-state index is -0.500. The van der Waals surface area contributed by atoms with Crippen molar-refractivity contribution in [1.82, 2.24) is 19.1 Å². The Bertz CT molecular complexity index is 1240. The summed E-state index contributed by atoms with van der Waals surface area (Å²) in [5.74, 6) is -0.334. The van der Waals surface area contributed by atoms with Crippen molar-refractivity contribution in [2.24, 2.45) is 0 Å². The molecule has 0 spiro atoms. The number of imidazole rings is 1. The molecule has 6 nitrogen and oxygen atoms in total. The molecule has 0 aliphatic carbocycles. The van der Waals surface area contributed by atoms with E-state index in [1.165, 1.54) is 16.7 Å². The van der Waals surface area contributed by atoms with Crippen LogP contribution in [0, 0.1) is 5.82 Å². The van der Waals surface area contributed by atoms with E-state index in [0.717, 1.165) is 6.07 Å². The van der Waals surface area contributed by atoms with Gasteiger partial charge in [0, 0.05) is 11.6 Å². The second kappa shape index (κ2) is 7.26. The molecule has 0 saturated heterocycles. The molecule has 0 fully saturated rings. The number of fused-ring (bicyclic) bond motifs is 1. The Balaban J connectivity index is 1.97. The molecule has 0 bridgehead atoms. The third-order valence-electron chi connectivity index (χ3n) is 4.13. The Hall–Kier alpha value is -2.90. The summed E-state index contributed by atoms with van der Waals surface area (Å²) < 4.78 is 22.2. The second-order valence-corrected chi connectivity index (χ2v) is 6.73. The van der Waals surface area contributed by atoms with Crippen LogP contribution in [0.5, 0.6) is 11.8 Å². The van der Waals surface area contributed by atoms with Gasteiger partial charge in [0.05, 0.1) is 17.0 Å². The van der Waals surface area contributed by atoms with Crippen molar-refractivity contribution >= 4 is 34.4 Å². The van der Waals surface area contributed by atoms with Crippen LogP contribution >= 0.6 is 23.2 Å². The van der Waals surface area contributed by atoms with E-state index in [2.05, 4.69) is 9.97 Å². The molecule has 0 aliphatic heterocycles. The van der Waals surface area contributed by atoms with Crippen LogP contribution in [0.2, 0.25) is 10.0 Å². The third kappa shape index (κ3) is 3.23. The Morgan fingerprint density at radius 2 is 1.89 bits per heavy atom. The Kier molecular flexibility index (Phi) is 4.78. The minimum Gasteiger partial charge on any atom is -0.424 e. The summed E-state index contributed by atoms with van der Waals surface area (Å²) in [4.78, 5) is 21.8. The fourth-order valence-electron chi connectivity index (χ4n) is 2.75. The zero-order valence-corrected chi connectivity index (χ0v) is 16.1. The smallest absolute Gasteiger partial charge is 0.311 e. The number of hydrogen-bond donors (Lipinski definition) is 0. The summed E-state index contributed by atoms with van der Waals surface area (Å²) in [5, 5.41) is 0.575. The first-order valence-corrected chi connectivity index (χ1v) is 9.10. The highest BCUT2D eigenvalue weighted by Gasteiger charge is 2.19. The quantitative estimate of drug-likeness (QED) is 0.475. The van der Waals surface area contributed by atoms with Gasteiger partial charge >= 0.3 is 6.01 Å². The highest BCUT2D eigenvalue weighted by Crippen LogP contribution is 2.30. The van der Waals surface area contributed by atoms with Gasteiger partial charge in [-0.2, -0.15) is 4.98 Å². The Labute approximate surface area is 168 Å². The van der Waals surface area contributed by atoms with E-state index in [9.17, 15) is 9.18 Å². The topological polar surface area (TPSA) is 61.9 Å². The summed E-state index contributed by atoms with van der Waals surface area (Å²) in [7, 11) is 0. The molecule has 4 aromatic rings. The lowest BCUT2D eigenvalue weighted by Crippen LogP contribution is -2.22. The van der Waals surface area contributed by atoms with Gasteiger partial charge in [-0.05, 0) is 49.4 Å². The van der Waals surface area contributed by atoms with E-state index in [-0.39, 0.29) is 22.3 Å². The average Bonchev–Trinajstić information content (AvgIpc) is 3.08. The normalized spacial score (nSPS) is 11.1. The molecule has 0 saturated carbocycles. The van der Waals surface area contributed by atoms with Crippen LogP contribution in [0.4, 0.5) is 4.39 Å². The van der Waals surface area contributed by atoms with E-state index in [0.29, 0.717) is 22.9 Å². The second-order valence-electron chi connectivity index (χ2n) is 5.89. The predicted octanol–water partition coefficient (Wildman–Crippen LogP) is 4.84. The van der Waals surface area contributed by atoms with Crippen LogP contribution in [0.25, 0.3) is 16.9 Å². The van der Waals surface area contributed by atoms with Gasteiger partial charge in [-0.3, -0.25) is 4.79 Å². The summed E-state index contributed by atoms with van der Waals surface area (Å²) >= 11 is 12.0. The van der Waals surface area contributed by atoms with Crippen molar-refractivity contribution in [3.05, 3.63) is 75.0 Å². The van der Waals surface area contributed by atoms with Gasteiger partial charge in [-0.1, -0.05) is 23.2 Å². The van der Waals surface area contributed by atoms with Crippen LogP contribution in [0.1, 0.15) is 6.92 Å². The standard InChI is InChI=1S/C19H13Cl2FN4O2/c1-2-25-10-23-16-17(25)24-19(28-15-8-5-12(22)9-14(15)21)26(18(16)27)13-6-3-11(20)4-7-13/h3-10H,2H2,1H3. The largest absolute Gasteiger partial charge is 0.424 e. The molecular formula is C19H13Cl2FN4O2. The van der Waals surface area contributed by atoms with Crippen molar-refractivity contribution in [3.8, 4) is 17.4 Å². The first-order valence-electron chi connectivity index (χ1n) is 8.34. The molecule has 0 N–H and O–H groups in total. The van der Waals surface area contributed by atoms with Gasteiger partial charge in [-0.25, -0.2) is 13.9 Å². The maximum absolute atomic E-state index is 13.4. The summed E-state index contributed by atoms with van der Waals surface area (Å²) in [6.07, 6.45) is 1.54. The molecule has 0 aliphatic rings. The lowest BCUT2D eigenvalue weighted by atomic mass is 10.3. The zero-order valence-electron chi connectivity index (χ0n) is 14.6. The highest BCUT2D eigenvalue weighted by molar-refractivity contribution is 6.32. The molecular weight excluding hydrogens is 406 g/mol. The SMILES string of the molecule is CCn1cnc2c(=O)n(-c3ccc(Cl)cc3)c(Oc3ccc(F)cc3Cl)nc21. The fraction of sp³-hybridized carbons (Fsp3) is 0.105. The lowest BCUT2D eigenvalue weighted by Gasteiger charge is -2.14. The molecule has 2 aromatic carbocycles. The number of aromatic nitrogens is 4. The van der Waals surface area contributed by atoms with Gasteiger partial charge in [0.2, 0.25) is 0 Å². The summed E-state index contributed by atoms with van der Waals surface area (Å²) in [6.45, 7) is 2.48. The van der Waals surface area contributed by atoms with Crippen LogP contribution in [-0.4, -0.2) is 19.1 Å². The van der Waals surface area contributed by atoms with Crippen LogP contribution in [0.3, 0.4) is 0 Å². The fourth-order valence-corrected chi connectivity index (χ4v) is 3.08. The lowest BCUT2D eigenvalue weighted by molar-refractivity contribution is 0.425. The van der Waals surface area contributed by atoms with Gasteiger partial charge in [0.1, 0.15) is 11.6 Å². The number of halogens is 3. The number of hydrogen-bond acceptors (Lipinski definition) is 4. The number of benzene rings is 2. The minimum absolute atomic E-state index is 0.0245. The van der Waals surface area contributed by atoms with E-state index in [1.54, 1.807) is 35.2 Å².